The topological polar surface area (TPSA) is 62.5 Å². The van der Waals surface area contributed by atoms with Gasteiger partial charge in [0.2, 0.25) is 0 Å². The minimum Gasteiger partial charge on any atom is -0.459 e. The van der Waals surface area contributed by atoms with Crippen molar-refractivity contribution in [2.24, 2.45) is 0 Å². The molecule has 0 aliphatic rings. The minimum atomic E-state index is -0.567. The molecule has 2 N–H and O–H groups in total. The highest BCUT2D eigenvalue weighted by Gasteiger charge is 2.13. The van der Waals surface area contributed by atoms with Crippen molar-refractivity contribution in [3.8, 4) is 11.3 Å². The number of nitrogens with one attached hydrogen (secondary N) is 1. The summed E-state index contributed by atoms with van der Waals surface area (Å²) in [5, 5.41) is 11.8. The molecule has 0 fully saturated rings. The van der Waals surface area contributed by atoms with E-state index in [1.54, 1.807) is 24.3 Å². The molecule has 3 aromatic rings. The van der Waals surface area contributed by atoms with Gasteiger partial charge < -0.3 is 14.8 Å². The van der Waals surface area contributed by atoms with E-state index in [0.29, 0.717) is 17.2 Å². The van der Waals surface area contributed by atoms with Crippen LogP contribution in [0.4, 0.5) is 10.1 Å². The van der Waals surface area contributed by atoms with Crippen molar-refractivity contribution < 1.29 is 18.7 Å². The summed E-state index contributed by atoms with van der Waals surface area (Å²) in [5.74, 6) is -0.0331. The van der Waals surface area contributed by atoms with Crippen molar-refractivity contribution in [2.75, 3.05) is 5.32 Å². The Balaban J connectivity index is 1.89. The molecule has 0 spiro atoms. The fourth-order valence-electron chi connectivity index (χ4n) is 2.36. The van der Waals surface area contributed by atoms with E-state index in [9.17, 15) is 9.18 Å². The average Bonchev–Trinajstić information content (AvgIpc) is 3.06. The van der Waals surface area contributed by atoms with E-state index in [4.69, 9.17) is 9.52 Å². The largest absolute Gasteiger partial charge is 0.459 e. The van der Waals surface area contributed by atoms with E-state index in [-0.39, 0.29) is 12.2 Å². The molecule has 1 amide bonds. The summed E-state index contributed by atoms with van der Waals surface area (Å²) in [6, 6.07) is 14.7. The summed E-state index contributed by atoms with van der Waals surface area (Å²) >= 11 is 0. The van der Waals surface area contributed by atoms with E-state index in [1.165, 1.54) is 18.2 Å². The first kappa shape index (κ1) is 16.0. The van der Waals surface area contributed by atoms with Crippen LogP contribution in [-0.4, -0.2) is 11.0 Å². The number of aliphatic hydroxyl groups excluding tert-OH is 1. The van der Waals surface area contributed by atoms with E-state index >= 15 is 0 Å². The molecule has 0 saturated carbocycles. The van der Waals surface area contributed by atoms with Gasteiger partial charge in [0.25, 0.3) is 5.91 Å². The predicted octanol–water partition coefficient (Wildman–Crippen LogP) is 4.14. The van der Waals surface area contributed by atoms with Gasteiger partial charge in [-0.1, -0.05) is 24.3 Å². The second-order valence-corrected chi connectivity index (χ2v) is 5.39. The Kier molecular flexibility index (Phi) is 4.44. The summed E-state index contributed by atoms with van der Waals surface area (Å²) in [6.07, 6.45) is 0. The van der Waals surface area contributed by atoms with Crippen molar-refractivity contribution in [3.05, 3.63) is 77.3 Å². The number of amides is 1. The molecule has 5 heteroatoms. The van der Waals surface area contributed by atoms with Gasteiger partial charge in [-0.2, -0.15) is 0 Å². The molecular weight excluding hydrogens is 309 g/mol. The van der Waals surface area contributed by atoms with Crippen LogP contribution in [0.5, 0.6) is 0 Å². The van der Waals surface area contributed by atoms with Crippen molar-refractivity contribution in [2.45, 2.75) is 13.5 Å². The smallest absolute Gasteiger partial charge is 0.258 e. The van der Waals surface area contributed by atoms with Gasteiger partial charge in [-0.05, 0) is 42.8 Å². The second-order valence-electron chi connectivity index (χ2n) is 5.39. The Bertz CT molecular complexity index is 886. The van der Waals surface area contributed by atoms with Crippen LogP contribution in [0.2, 0.25) is 0 Å². The molecule has 3 rings (SSSR count). The number of benzene rings is 2. The molecule has 0 bridgehead atoms. The van der Waals surface area contributed by atoms with Crippen LogP contribution < -0.4 is 5.32 Å². The summed E-state index contributed by atoms with van der Waals surface area (Å²) in [6.45, 7) is 1.67. The van der Waals surface area contributed by atoms with Gasteiger partial charge in [0, 0.05) is 11.3 Å². The Labute approximate surface area is 138 Å². The minimum absolute atomic E-state index is 0.0112. The third kappa shape index (κ3) is 3.21. The standard InChI is InChI=1S/C19H16FNO3/c1-12-6-7-13(18-9-8-14(11-22)24-18)10-17(12)21-19(23)15-4-2-3-5-16(15)20/h2-10,22H,11H2,1H3,(H,21,23). The molecule has 0 radical (unpaired) electrons. The summed E-state index contributed by atoms with van der Waals surface area (Å²) in [7, 11) is 0. The molecule has 4 nitrogen and oxygen atoms in total. The average molecular weight is 325 g/mol. The lowest BCUT2D eigenvalue weighted by atomic mass is 10.1. The Morgan fingerprint density at radius 2 is 1.96 bits per heavy atom. The Hall–Kier alpha value is -2.92. The number of carbonyl (C=O) groups is 1. The normalized spacial score (nSPS) is 10.6. The van der Waals surface area contributed by atoms with Gasteiger partial charge in [0.15, 0.2) is 0 Å². The Morgan fingerprint density at radius 1 is 1.17 bits per heavy atom. The number of aliphatic hydroxyl groups is 1. The van der Waals surface area contributed by atoms with Crippen LogP contribution in [0.15, 0.2) is 59.0 Å². The zero-order valence-electron chi connectivity index (χ0n) is 13.0. The lowest BCUT2D eigenvalue weighted by molar-refractivity contribution is 0.102. The SMILES string of the molecule is Cc1ccc(-c2ccc(CO)o2)cc1NC(=O)c1ccccc1F. The van der Waals surface area contributed by atoms with Crippen LogP contribution in [0.25, 0.3) is 11.3 Å². The molecule has 2 aromatic carbocycles. The molecule has 0 atom stereocenters. The highest BCUT2D eigenvalue weighted by atomic mass is 19.1. The fourth-order valence-corrected chi connectivity index (χ4v) is 2.36. The van der Waals surface area contributed by atoms with E-state index in [2.05, 4.69) is 5.32 Å². The number of furan rings is 1. The zero-order chi connectivity index (χ0) is 17.1. The van der Waals surface area contributed by atoms with Crippen LogP contribution >= 0.6 is 0 Å². The molecule has 0 aliphatic carbocycles. The summed E-state index contributed by atoms with van der Waals surface area (Å²) in [4.78, 5) is 12.3. The molecular formula is C19H16FNO3. The predicted molar refractivity (Wildman–Crippen MR) is 89.2 cm³/mol. The zero-order valence-corrected chi connectivity index (χ0v) is 13.0. The van der Waals surface area contributed by atoms with Gasteiger partial charge in [-0.25, -0.2) is 4.39 Å². The number of hydrogen-bond acceptors (Lipinski definition) is 3. The molecule has 24 heavy (non-hydrogen) atoms. The molecule has 1 aromatic heterocycles. The first-order chi connectivity index (χ1) is 11.6. The molecule has 0 aliphatic heterocycles. The van der Waals surface area contributed by atoms with E-state index in [0.717, 1.165) is 11.1 Å². The lowest BCUT2D eigenvalue weighted by Gasteiger charge is -2.10. The molecule has 122 valence electrons. The summed E-state index contributed by atoms with van der Waals surface area (Å²) < 4.78 is 19.2. The van der Waals surface area contributed by atoms with Gasteiger partial charge in [0.1, 0.15) is 23.9 Å². The quantitative estimate of drug-likeness (QED) is 0.758. The third-order valence-corrected chi connectivity index (χ3v) is 3.71. The first-order valence-corrected chi connectivity index (χ1v) is 7.45. The van der Waals surface area contributed by atoms with Crippen molar-refractivity contribution in [3.63, 3.8) is 0 Å². The van der Waals surface area contributed by atoms with Crippen LogP contribution in [-0.2, 0) is 6.61 Å². The van der Waals surface area contributed by atoms with Crippen molar-refractivity contribution in [1.82, 2.24) is 0 Å². The van der Waals surface area contributed by atoms with E-state index < -0.39 is 11.7 Å². The third-order valence-electron chi connectivity index (χ3n) is 3.71. The van der Waals surface area contributed by atoms with Crippen molar-refractivity contribution in [1.29, 1.82) is 0 Å². The van der Waals surface area contributed by atoms with E-state index in [1.807, 2.05) is 19.1 Å². The maximum absolute atomic E-state index is 13.7. The number of rotatable bonds is 4. The molecule has 0 unspecified atom stereocenters. The number of halogens is 1. The van der Waals surface area contributed by atoms with Crippen LogP contribution in [0, 0.1) is 12.7 Å². The number of hydrogen-bond donors (Lipinski definition) is 2. The Morgan fingerprint density at radius 3 is 2.67 bits per heavy atom. The second kappa shape index (κ2) is 6.68. The summed E-state index contributed by atoms with van der Waals surface area (Å²) in [5.41, 5.74) is 2.16. The number of carbonyl (C=O) groups excluding carboxylic acids is 1. The first-order valence-electron chi connectivity index (χ1n) is 7.45. The number of anilines is 1. The monoisotopic (exact) mass is 325 g/mol. The van der Waals surface area contributed by atoms with Gasteiger partial charge in [0.05, 0.1) is 5.56 Å². The van der Waals surface area contributed by atoms with Crippen molar-refractivity contribution >= 4 is 11.6 Å². The maximum atomic E-state index is 13.7. The van der Waals surface area contributed by atoms with Gasteiger partial charge in [-0.15, -0.1) is 0 Å². The molecule has 0 saturated heterocycles. The number of aryl methyl sites for hydroxylation is 1. The van der Waals surface area contributed by atoms with Gasteiger partial charge >= 0.3 is 0 Å². The van der Waals surface area contributed by atoms with Crippen LogP contribution in [0.3, 0.4) is 0 Å². The maximum Gasteiger partial charge on any atom is 0.258 e. The molecule has 1 heterocycles. The van der Waals surface area contributed by atoms with Crippen LogP contribution in [0.1, 0.15) is 21.7 Å². The highest BCUT2D eigenvalue weighted by Crippen LogP contribution is 2.27. The fraction of sp³-hybridized carbons (Fsp3) is 0.105. The highest BCUT2D eigenvalue weighted by molar-refractivity contribution is 6.05. The lowest BCUT2D eigenvalue weighted by Crippen LogP contribution is -2.14. The van der Waals surface area contributed by atoms with Gasteiger partial charge in [-0.3, -0.25) is 4.79 Å².